The molecule has 137 valence electrons. The van der Waals surface area contributed by atoms with E-state index in [1.54, 1.807) is 0 Å². The fraction of sp³-hybridized carbons (Fsp3) is 0.955. The third-order valence-electron chi connectivity index (χ3n) is 4.71. The van der Waals surface area contributed by atoms with E-state index in [1.807, 2.05) is 6.29 Å². The normalized spacial score (nSPS) is 11.8. The van der Waals surface area contributed by atoms with Crippen molar-refractivity contribution < 1.29 is 4.79 Å². The van der Waals surface area contributed by atoms with Gasteiger partial charge in [-0.05, 0) is 18.3 Å². The topological polar surface area (TPSA) is 17.1 Å². The first-order valence-electron chi connectivity index (χ1n) is 10.4. The molecule has 0 heterocycles. The Hall–Kier alpha value is -0.330. The molecule has 0 aliphatic carbocycles. The van der Waals surface area contributed by atoms with E-state index in [0.717, 1.165) is 6.42 Å². The average Bonchev–Trinajstić information content (AvgIpc) is 2.49. The van der Waals surface area contributed by atoms with E-state index < -0.39 is 0 Å². The van der Waals surface area contributed by atoms with Gasteiger partial charge in [0, 0.05) is 6.42 Å². The fourth-order valence-corrected chi connectivity index (χ4v) is 3.15. The second kappa shape index (κ2) is 16.5. The molecular formula is C22H43O. The number of hydrogen-bond acceptors (Lipinski definition) is 1. The van der Waals surface area contributed by atoms with E-state index in [1.165, 1.54) is 96.3 Å². The lowest BCUT2D eigenvalue weighted by molar-refractivity contribution is 0.356. The third-order valence-corrected chi connectivity index (χ3v) is 4.71. The molecule has 0 aromatic carbocycles. The molecular weight excluding hydrogens is 280 g/mol. The van der Waals surface area contributed by atoms with Crippen LogP contribution in [0.5, 0.6) is 0 Å². The van der Waals surface area contributed by atoms with Gasteiger partial charge in [0.25, 0.3) is 0 Å². The zero-order valence-corrected chi connectivity index (χ0v) is 16.4. The van der Waals surface area contributed by atoms with Gasteiger partial charge >= 0.3 is 0 Å². The number of rotatable bonds is 17. The van der Waals surface area contributed by atoms with Gasteiger partial charge in [-0.2, -0.15) is 0 Å². The molecule has 1 radical (unpaired) electrons. The lowest BCUT2D eigenvalue weighted by Gasteiger charge is -2.17. The summed E-state index contributed by atoms with van der Waals surface area (Å²) in [5.74, 6) is 0. The van der Waals surface area contributed by atoms with Gasteiger partial charge in [-0.1, -0.05) is 111 Å². The minimum absolute atomic E-state index is 0.522. The van der Waals surface area contributed by atoms with Crippen molar-refractivity contribution in [2.75, 3.05) is 0 Å². The van der Waals surface area contributed by atoms with Crippen molar-refractivity contribution in [3.8, 4) is 0 Å². The molecule has 0 aliphatic heterocycles. The summed E-state index contributed by atoms with van der Waals surface area (Å²) in [5.41, 5.74) is 0.522. The van der Waals surface area contributed by atoms with Crippen LogP contribution in [-0.4, -0.2) is 6.29 Å². The standard InChI is InChI=1S/C22H43O/c1-22(2,3)20-18-16-14-12-10-8-6-4-5-7-9-11-13-15-17-19-21-23/h4-20H2,1-3H3. The lowest BCUT2D eigenvalue weighted by Crippen LogP contribution is -2.03. The maximum absolute atomic E-state index is 10.1. The zero-order valence-electron chi connectivity index (χ0n) is 16.4. The fourth-order valence-electron chi connectivity index (χ4n) is 3.15. The van der Waals surface area contributed by atoms with Crippen LogP contribution in [0.3, 0.4) is 0 Å². The van der Waals surface area contributed by atoms with Gasteiger partial charge < -0.3 is 0 Å². The van der Waals surface area contributed by atoms with Gasteiger partial charge in [0.15, 0.2) is 6.29 Å². The highest BCUT2D eigenvalue weighted by Gasteiger charge is 2.08. The summed E-state index contributed by atoms with van der Waals surface area (Å²) in [7, 11) is 0. The Morgan fingerprint density at radius 1 is 0.522 bits per heavy atom. The van der Waals surface area contributed by atoms with Crippen LogP contribution in [-0.2, 0) is 4.79 Å². The van der Waals surface area contributed by atoms with Crippen LogP contribution in [0.2, 0.25) is 0 Å². The van der Waals surface area contributed by atoms with Crippen molar-refractivity contribution in [1.29, 1.82) is 0 Å². The molecule has 0 saturated heterocycles. The summed E-state index contributed by atoms with van der Waals surface area (Å²) in [6.07, 6.45) is 24.6. The second-order valence-electron chi connectivity index (χ2n) is 8.51. The van der Waals surface area contributed by atoms with Crippen molar-refractivity contribution in [3.63, 3.8) is 0 Å². The Balaban J connectivity index is 3.01. The van der Waals surface area contributed by atoms with Gasteiger partial charge in [-0.3, -0.25) is 4.79 Å². The highest BCUT2D eigenvalue weighted by Crippen LogP contribution is 2.22. The number of unbranched alkanes of at least 4 members (excludes halogenated alkanes) is 15. The molecule has 1 heteroatoms. The molecule has 0 spiro atoms. The van der Waals surface area contributed by atoms with E-state index >= 15 is 0 Å². The van der Waals surface area contributed by atoms with E-state index in [2.05, 4.69) is 20.8 Å². The summed E-state index contributed by atoms with van der Waals surface area (Å²) < 4.78 is 0. The van der Waals surface area contributed by atoms with Crippen LogP contribution in [0.15, 0.2) is 0 Å². The number of hydrogen-bond donors (Lipinski definition) is 0. The molecule has 0 aliphatic rings. The third kappa shape index (κ3) is 21.7. The van der Waals surface area contributed by atoms with Crippen LogP contribution in [0, 0.1) is 5.41 Å². The minimum Gasteiger partial charge on any atom is -0.291 e. The van der Waals surface area contributed by atoms with Crippen molar-refractivity contribution >= 4 is 6.29 Å². The Morgan fingerprint density at radius 3 is 1.13 bits per heavy atom. The Bertz CT molecular complexity index is 239. The van der Waals surface area contributed by atoms with Crippen LogP contribution in [0.1, 0.15) is 130 Å². The minimum atomic E-state index is 0.522. The molecule has 1 nitrogen and oxygen atoms in total. The lowest BCUT2D eigenvalue weighted by atomic mass is 9.89. The summed E-state index contributed by atoms with van der Waals surface area (Å²) in [5, 5.41) is 0. The zero-order chi connectivity index (χ0) is 17.2. The van der Waals surface area contributed by atoms with Crippen LogP contribution in [0.4, 0.5) is 0 Å². The average molecular weight is 324 g/mol. The first-order valence-corrected chi connectivity index (χ1v) is 10.4. The van der Waals surface area contributed by atoms with Crippen LogP contribution in [0.25, 0.3) is 0 Å². The van der Waals surface area contributed by atoms with Gasteiger partial charge in [-0.25, -0.2) is 0 Å². The predicted molar refractivity (Wildman–Crippen MR) is 104 cm³/mol. The smallest absolute Gasteiger partial charge is 0.198 e. The van der Waals surface area contributed by atoms with E-state index in [-0.39, 0.29) is 0 Å². The molecule has 0 bridgehead atoms. The molecule has 0 atom stereocenters. The highest BCUT2D eigenvalue weighted by atomic mass is 16.1. The first kappa shape index (κ1) is 22.7. The molecule has 0 aromatic heterocycles. The molecule has 0 unspecified atom stereocenters. The molecule has 23 heavy (non-hydrogen) atoms. The molecule has 0 rings (SSSR count). The molecule has 0 N–H and O–H groups in total. The number of carbonyl (C=O) groups excluding carboxylic acids is 1. The summed E-state index contributed by atoms with van der Waals surface area (Å²) in [6.45, 7) is 7.04. The monoisotopic (exact) mass is 323 g/mol. The maximum atomic E-state index is 10.1. The molecule has 0 fully saturated rings. The van der Waals surface area contributed by atoms with Crippen molar-refractivity contribution in [3.05, 3.63) is 0 Å². The van der Waals surface area contributed by atoms with E-state index in [9.17, 15) is 4.79 Å². The molecule has 0 aromatic rings. The summed E-state index contributed by atoms with van der Waals surface area (Å²) in [6, 6.07) is 0. The largest absolute Gasteiger partial charge is 0.291 e. The van der Waals surface area contributed by atoms with Gasteiger partial charge in [-0.15, -0.1) is 0 Å². The Labute approximate surface area is 147 Å². The maximum Gasteiger partial charge on any atom is 0.198 e. The SMILES string of the molecule is CC(C)(C)CCCCCCCCCCCCCCCCC[C]=O. The second-order valence-corrected chi connectivity index (χ2v) is 8.51. The van der Waals surface area contributed by atoms with Crippen LogP contribution < -0.4 is 0 Å². The highest BCUT2D eigenvalue weighted by molar-refractivity contribution is 5.50. The molecule has 0 saturated carbocycles. The predicted octanol–water partition coefficient (Wildman–Crippen LogP) is 7.77. The Morgan fingerprint density at radius 2 is 0.826 bits per heavy atom. The van der Waals surface area contributed by atoms with Crippen molar-refractivity contribution in [1.82, 2.24) is 0 Å². The van der Waals surface area contributed by atoms with Gasteiger partial charge in [0.2, 0.25) is 0 Å². The van der Waals surface area contributed by atoms with Gasteiger partial charge in [0.1, 0.15) is 0 Å². The van der Waals surface area contributed by atoms with E-state index in [0.29, 0.717) is 11.8 Å². The van der Waals surface area contributed by atoms with Gasteiger partial charge in [0.05, 0.1) is 0 Å². The summed E-state index contributed by atoms with van der Waals surface area (Å²) in [4.78, 5) is 10.1. The van der Waals surface area contributed by atoms with Crippen molar-refractivity contribution in [2.24, 2.45) is 5.41 Å². The Kier molecular flexibility index (Phi) is 16.3. The summed E-state index contributed by atoms with van der Waals surface area (Å²) >= 11 is 0. The van der Waals surface area contributed by atoms with Crippen LogP contribution >= 0.6 is 0 Å². The molecule has 0 amide bonds. The first-order chi connectivity index (χ1) is 11.1. The van der Waals surface area contributed by atoms with Crippen molar-refractivity contribution in [2.45, 2.75) is 130 Å². The quantitative estimate of drug-likeness (QED) is 0.250. The van der Waals surface area contributed by atoms with E-state index in [4.69, 9.17) is 0 Å².